The molecule has 20 heavy (non-hydrogen) atoms. The summed E-state index contributed by atoms with van der Waals surface area (Å²) < 4.78 is 5.56. The van der Waals surface area contributed by atoms with Gasteiger partial charge < -0.3 is 10.1 Å². The summed E-state index contributed by atoms with van der Waals surface area (Å²) >= 11 is 0. The molecule has 2 aromatic rings. The molecule has 2 aromatic carbocycles. The second-order valence-corrected chi connectivity index (χ2v) is 5.81. The van der Waals surface area contributed by atoms with Crippen molar-refractivity contribution >= 4 is 10.8 Å². The third kappa shape index (κ3) is 3.49. The Labute approximate surface area is 120 Å². The van der Waals surface area contributed by atoms with E-state index in [9.17, 15) is 0 Å². The molecule has 0 atom stereocenters. The molecule has 0 unspecified atom stereocenters. The number of nitriles is 1. The average molecular weight is 268 g/mol. The minimum atomic E-state index is 0.0312. The van der Waals surface area contributed by atoms with Crippen LogP contribution in [0.5, 0.6) is 5.75 Å². The van der Waals surface area contributed by atoms with Crippen molar-refractivity contribution in [3.8, 4) is 11.8 Å². The minimum absolute atomic E-state index is 0.0312. The highest BCUT2D eigenvalue weighted by Gasteiger charge is 2.13. The van der Waals surface area contributed by atoms with Gasteiger partial charge in [0.05, 0.1) is 0 Å². The second kappa shape index (κ2) is 5.94. The zero-order valence-corrected chi connectivity index (χ0v) is 12.2. The van der Waals surface area contributed by atoms with Crippen molar-refractivity contribution in [2.24, 2.45) is 0 Å². The Morgan fingerprint density at radius 2 is 1.90 bits per heavy atom. The van der Waals surface area contributed by atoms with Gasteiger partial charge in [-0.2, -0.15) is 5.26 Å². The third-order valence-corrected chi connectivity index (χ3v) is 3.09. The first kappa shape index (κ1) is 14.4. The van der Waals surface area contributed by atoms with Gasteiger partial charge in [-0.15, -0.1) is 0 Å². The van der Waals surface area contributed by atoms with Crippen LogP contribution in [-0.4, -0.2) is 12.1 Å². The Morgan fingerprint density at radius 1 is 1.15 bits per heavy atom. The Balaban J connectivity index is 2.42. The van der Waals surface area contributed by atoms with E-state index in [2.05, 4.69) is 38.2 Å². The molecule has 0 heterocycles. The molecule has 0 aliphatic rings. The van der Waals surface area contributed by atoms with Crippen LogP contribution in [0.15, 0.2) is 36.4 Å². The molecule has 3 heteroatoms. The Morgan fingerprint density at radius 3 is 2.60 bits per heavy atom. The van der Waals surface area contributed by atoms with Crippen LogP contribution >= 0.6 is 0 Å². The van der Waals surface area contributed by atoms with E-state index in [-0.39, 0.29) is 12.1 Å². The monoisotopic (exact) mass is 268 g/mol. The number of ether oxygens (including phenoxy) is 1. The molecular weight excluding hydrogens is 248 g/mol. The summed E-state index contributed by atoms with van der Waals surface area (Å²) in [5.74, 6) is 0.780. The maximum Gasteiger partial charge on any atom is 0.174 e. The summed E-state index contributed by atoms with van der Waals surface area (Å²) in [4.78, 5) is 0. The fourth-order valence-corrected chi connectivity index (χ4v) is 2.10. The predicted octanol–water partition coefficient (Wildman–Crippen LogP) is 3.63. The van der Waals surface area contributed by atoms with E-state index in [1.165, 1.54) is 10.8 Å². The highest BCUT2D eigenvalue weighted by atomic mass is 16.5. The summed E-state index contributed by atoms with van der Waals surface area (Å²) in [6, 6.07) is 14.2. The Hall–Kier alpha value is -2.05. The van der Waals surface area contributed by atoms with Gasteiger partial charge in [0.1, 0.15) is 11.8 Å². The summed E-state index contributed by atoms with van der Waals surface area (Å²) in [6.07, 6.45) is 0. The molecule has 0 radical (unpaired) electrons. The van der Waals surface area contributed by atoms with Crippen molar-refractivity contribution in [2.45, 2.75) is 32.9 Å². The van der Waals surface area contributed by atoms with E-state index in [1.54, 1.807) is 0 Å². The molecular formula is C17H20N2O. The van der Waals surface area contributed by atoms with E-state index in [0.29, 0.717) is 6.54 Å². The molecule has 0 aliphatic heterocycles. The number of nitrogens with one attached hydrogen (secondary N) is 1. The van der Waals surface area contributed by atoms with Crippen LogP contribution in [0.25, 0.3) is 10.8 Å². The highest BCUT2D eigenvalue weighted by molar-refractivity contribution is 5.87. The van der Waals surface area contributed by atoms with Gasteiger partial charge in [-0.25, -0.2) is 0 Å². The van der Waals surface area contributed by atoms with Crippen LogP contribution < -0.4 is 10.1 Å². The topological polar surface area (TPSA) is 45.0 Å². The first-order valence-corrected chi connectivity index (χ1v) is 6.77. The van der Waals surface area contributed by atoms with Crippen LogP contribution in [0.1, 0.15) is 26.3 Å². The third-order valence-electron chi connectivity index (χ3n) is 3.09. The fraction of sp³-hybridized carbons (Fsp3) is 0.353. The molecule has 3 nitrogen and oxygen atoms in total. The molecule has 0 aromatic heterocycles. The van der Waals surface area contributed by atoms with Crippen molar-refractivity contribution in [2.75, 3.05) is 6.61 Å². The van der Waals surface area contributed by atoms with Crippen LogP contribution in [0, 0.1) is 11.3 Å². The normalized spacial score (nSPS) is 11.3. The number of rotatable bonds is 4. The molecule has 1 N–H and O–H groups in total. The molecule has 0 saturated carbocycles. The van der Waals surface area contributed by atoms with Crippen LogP contribution in [0.4, 0.5) is 0 Å². The van der Waals surface area contributed by atoms with Gasteiger partial charge in [0.25, 0.3) is 0 Å². The SMILES string of the molecule is CC(C)(C)NCc1c(OCC#N)ccc2ccccc12. The lowest BCUT2D eigenvalue weighted by Crippen LogP contribution is -2.35. The van der Waals surface area contributed by atoms with Crippen molar-refractivity contribution in [3.63, 3.8) is 0 Å². The molecule has 0 bridgehead atoms. The zero-order chi connectivity index (χ0) is 14.6. The number of nitrogens with zero attached hydrogens (tertiary/aromatic N) is 1. The number of hydrogen-bond donors (Lipinski definition) is 1. The van der Waals surface area contributed by atoms with Gasteiger partial charge in [0.2, 0.25) is 0 Å². The summed E-state index contributed by atoms with van der Waals surface area (Å²) in [5, 5.41) is 14.5. The Bertz CT molecular complexity index is 635. The van der Waals surface area contributed by atoms with E-state index >= 15 is 0 Å². The summed E-state index contributed by atoms with van der Waals surface area (Å²) in [5.41, 5.74) is 1.14. The standard InChI is InChI=1S/C17H20N2O/c1-17(2,3)19-12-15-14-7-5-4-6-13(14)8-9-16(15)20-11-10-18/h4-9,19H,11-12H2,1-3H3. The van der Waals surface area contributed by atoms with Gasteiger partial charge in [-0.05, 0) is 37.6 Å². The second-order valence-electron chi connectivity index (χ2n) is 5.81. The quantitative estimate of drug-likeness (QED) is 0.921. The molecule has 0 amide bonds. The smallest absolute Gasteiger partial charge is 0.174 e. The molecule has 2 rings (SSSR count). The molecule has 0 spiro atoms. The molecule has 0 aliphatic carbocycles. The van der Waals surface area contributed by atoms with E-state index in [1.807, 2.05) is 30.3 Å². The van der Waals surface area contributed by atoms with Crippen LogP contribution in [0.2, 0.25) is 0 Å². The largest absolute Gasteiger partial charge is 0.478 e. The Kier molecular flexibility index (Phi) is 4.26. The minimum Gasteiger partial charge on any atom is -0.478 e. The summed E-state index contributed by atoms with van der Waals surface area (Å²) in [6.45, 7) is 7.18. The van der Waals surface area contributed by atoms with Crippen LogP contribution in [0.3, 0.4) is 0 Å². The number of fused-ring (bicyclic) bond motifs is 1. The lowest BCUT2D eigenvalue weighted by molar-refractivity contribution is 0.358. The number of benzene rings is 2. The van der Waals surface area contributed by atoms with Gasteiger partial charge in [0, 0.05) is 17.6 Å². The van der Waals surface area contributed by atoms with Gasteiger partial charge in [0.15, 0.2) is 6.61 Å². The number of hydrogen-bond acceptors (Lipinski definition) is 3. The predicted molar refractivity (Wildman–Crippen MR) is 81.6 cm³/mol. The zero-order valence-electron chi connectivity index (χ0n) is 12.2. The van der Waals surface area contributed by atoms with E-state index in [0.717, 1.165) is 11.3 Å². The maximum atomic E-state index is 8.70. The van der Waals surface area contributed by atoms with Crippen molar-refractivity contribution in [1.29, 1.82) is 5.26 Å². The molecule has 0 saturated heterocycles. The lowest BCUT2D eigenvalue weighted by atomic mass is 10.0. The molecule has 104 valence electrons. The van der Waals surface area contributed by atoms with E-state index < -0.39 is 0 Å². The highest BCUT2D eigenvalue weighted by Crippen LogP contribution is 2.28. The molecule has 0 fully saturated rings. The van der Waals surface area contributed by atoms with E-state index in [4.69, 9.17) is 10.00 Å². The maximum absolute atomic E-state index is 8.70. The van der Waals surface area contributed by atoms with Crippen molar-refractivity contribution in [3.05, 3.63) is 42.0 Å². The van der Waals surface area contributed by atoms with Crippen molar-refractivity contribution < 1.29 is 4.74 Å². The first-order valence-electron chi connectivity index (χ1n) is 6.77. The lowest BCUT2D eigenvalue weighted by Gasteiger charge is -2.22. The van der Waals surface area contributed by atoms with Gasteiger partial charge >= 0.3 is 0 Å². The average Bonchev–Trinajstić information content (AvgIpc) is 2.42. The summed E-state index contributed by atoms with van der Waals surface area (Å²) in [7, 11) is 0. The fourth-order valence-electron chi connectivity index (χ4n) is 2.10. The van der Waals surface area contributed by atoms with Crippen LogP contribution in [-0.2, 0) is 6.54 Å². The van der Waals surface area contributed by atoms with Crippen molar-refractivity contribution in [1.82, 2.24) is 5.32 Å². The van der Waals surface area contributed by atoms with Gasteiger partial charge in [-0.3, -0.25) is 0 Å². The first-order chi connectivity index (χ1) is 9.51. The van der Waals surface area contributed by atoms with Gasteiger partial charge in [-0.1, -0.05) is 30.3 Å².